The van der Waals surface area contributed by atoms with E-state index in [1.54, 1.807) is 25.4 Å². The van der Waals surface area contributed by atoms with Gasteiger partial charge in [0.15, 0.2) is 0 Å². The van der Waals surface area contributed by atoms with Gasteiger partial charge in [0, 0.05) is 25.0 Å². The maximum Gasteiger partial charge on any atom is 0.267 e. The molecule has 122 valence electrons. The number of hydrogen-bond acceptors (Lipinski definition) is 5. The van der Waals surface area contributed by atoms with E-state index in [2.05, 4.69) is 15.4 Å². The van der Waals surface area contributed by atoms with Crippen molar-refractivity contribution < 1.29 is 4.79 Å². The molecule has 0 saturated heterocycles. The molecule has 0 spiro atoms. The summed E-state index contributed by atoms with van der Waals surface area (Å²) in [5.74, 6) is -0.267. The molecule has 0 aliphatic heterocycles. The molecule has 24 heavy (non-hydrogen) atoms. The van der Waals surface area contributed by atoms with Gasteiger partial charge in [-0.2, -0.15) is 5.10 Å². The zero-order valence-electron chi connectivity index (χ0n) is 13.0. The average Bonchev–Trinajstić information content (AvgIpc) is 3.15. The van der Waals surface area contributed by atoms with Gasteiger partial charge in [-0.15, -0.1) is 11.3 Å². The smallest absolute Gasteiger partial charge is 0.267 e. The minimum Gasteiger partial charge on any atom is -0.350 e. The summed E-state index contributed by atoms with van der Waals surface area (Å²) in [5, 5.41) is 9.08. The van der Waals surface area contributed by atoms with Crippen molar-refractivity contribution in [1.29, 1.82) is 0 Å². The fourth-order valence-electron chi connectivity index (χ4n) is 2.21. The van der Waals surface area contributed by atoms with E-state index in [-0.39, 0.29) is 11.5 Å². The minimum atomic E-state index is -0.700. The van der Waals surface area contributed by atoms with Gasteiger partial charge in [-0.1, -0.05) is 12.1 Å². The summed E-state index contributed by atoms with van der Waals surface area (Å²) in [4.78, 5) is 29.4. The second kappa shape index (κ2) is 7.18. The standard InChI is InChI=1S/C17H16N4O2S/c1-12(17(23)19-11-13-4-2-8-18-10-13)21-16(22)7-6-14(20-21)15-5-3-9-24-15/h2-10,12H,11H2,1H3,(H,19,23). The molecule has 0 bridgehead atoms. The van der Waals surface area contributed by atoms with Gasteiger partial charge in [-0.3, -0.25) is 14.6 Å². The Balaban J connectivity index is 1.76. The quantitative estimate of drug-likeness (QED) is 0.773. The minimum absolute atomic E-state index is 0.267. The molecule has 3 rings (SSSR count). The molecular formula is C17H16N4O2S. The van der Waals surface area contributed by atoms with Gasteiger partial charge in [-0.05, 0) is 36.1 Å². The summed E-state index contributed by atoms with van der Waals surface area (Å²) < 4.78 is 1.22. The topological polar surface area (TPSA) is 76.9 Å². The first-order valence-electron chi connectivity index (χ1n) is 7.45. The van der Waals surface area contributed by atoms with Crippen LogP contribution in [0.25, 0.3) is 10.6 Å². The van der Waals surface area contributed by atoms with Gasteiger partial charge < -0.3 is 5.32 Å². The van der Waals surface area contributed by atoms with Crippen molar-refractivity contribution in [3.8, 4) is 10.6 Å². The normalized spacial score (nSPS) is 11.9. The maximum atomic E-state index is 12.3. The highest BCUT2D eigenvalue weighted by molar-refractivity contribution is 7.13. The fourth-order valence-corrected chi connectivity index (χ4v) is 2.90. The molecule has 1 unspecified atom stereocenters. The molecular weight excluding hydrogens is 324 g/mol. The second-order valence-electron chi connectivity index (χ2n) is 5.23. The summed E-state index contributed by atoms with van der Waals surface area (Å²) in [5.41, 5.74) is 1.27. The molecule has 1 atom stereocenters. The van der Waals surface area contributed by atoms with Crippen LogP contribution >= 0.6 is 11.3 Å². The average molecular weight is 340 g/mol. The van der Waals surface area contributed by atoms with Gasteiger partial charge in [-0.25, -0.2) is 4.68 Å². The van der Waals surface area contributed by atoms with Crippen LogP contribution in [0.15, 0.2) is 59.0 Å². The van der Waals surface area contributed by atoms with Crippen molar-refractivity contribution in [1.82, 2.24) is 20.1 Å². The van der Waals surface area contributed by atoms with Crippen LogP contribution in [-0.2, 0) is 11.3 Å². The third kappa shape index (κ3) is 3.57. The number of aromatic nitrogens is 3. The number of thiophene rings is 1. The van der Waals surface area contributed by atoms with Crippen LogP contribution in [-0.4, -0.2) is 20.7 Å². The zero-order chi connectivity index (χ0) is 16.9. The van der Waals surface area contributed by atoms with Crippen LogP contribution in [0.1, 0.15) is 18.5 Å². The summed E-state index contributed by atoms with van der Waals surface area (Å²) >= 11 is 1.53. The molecule has 3 aromatic heterocycles. The maximum absolute atomic E-state index is 12.3. The number of amides is 1. The Bertz CT molecular complexity index is 875. The van der Waals surface area contributed by atoms with Crippen LogP contribution in [0.3, 0.4) is 0 Å². The summed E-state index contributed by atoms with van der Waals surface area (Å²) in [7, 11) is 0. The molecule has 0 aromatic carbocycles. The van der Waals surface area contributed by atoms with Gasteiger partial charge in [0.25, 0.3) is 5.56 Å². The SMILES string of the molecule is CC(C(=O)NCc1cccnc1)n1nc(-c2cccs2)ccc1=O. The van der Waals surface area contributed by atoms with E-state index in [0.717, 1.165) is 10.4 Å². The molecule has 0 radical (unpaired) electrons. The third-order valence-electron chi connectivity index (χ3n) is 3.53. The van der Waals surface area contributed by atoms with E-state index < -0.39 is 6.04 Å². The molecule has 0 saturated carbocycles. The van der Waals surface area contributed by atoms with Gasteiger partial charge in [0.05, 0.1) is 4.88 Å². The van der Waals surface area contributed by atoms with Crippen molar-refractivity contribution in [2.24, 2.45) is 0 Å². The van der Waals surface area contributed by atoms with Crippen molar-refractivity contribution in [2.75, 3.05) is 0 Å². The highest BCUT2D eigenvalue weighted by atomic mass is 32.1. The lowest BCUT2D eigenvalue weighted by Crippen LogP contribution is -2.36. The van der Waals surface area contributed by atoms with Crippen molar-refractivity contribution in [3.63, 3.8) is 0 Å². The van der Waals surface area contributed by atoms with E-state index in [9.17, 15) is 9.59 Å². The number of pyridine rings is 1. The Hall–Kier alpha value is -2.80. The lowest BCUT2D eigenvalue weighted by atomic mass is 10.2. The van der Waals surface area contributed by atoms with Crippen LogP contribution in [0.5, 0.6) is 0 Å². The van der Waals surface area contributed by atoms with E-state index >= 15 is 0 Å². The molecule has 0 fully saturated rings. The number of rotatable bonds is 5. The van der Waals surface area contributed by atoms with Crippen molar-refractivity contribution in [2.45, 2.75) is 19.5 Å². The van der Waals surface area contributed by atoms with Crippen LogP contribution < -0.4 is 10.9 Å². The third-order valence-corrected chi connectivity index (χ3v) is 4.43. The highest BCUT2D eigenvalue weighted by Crippen LogP contribution is 2.21. The van der Waals surface area contributed by atoms with Gasteiger partial charge >= 0.3 is 0 Å². The molecule has 0 aliphatic rings. The molecule has 3 heterocycles. The molecule has 6 nitrogen and oxygen atoms in total. The predicted molar refractivity (Wildman–Crippen MR) is 92.6 cm³/mol. The van der Waals surface area contributed by atoms with Crippen molar-refractivity contribution in [3.05, 3.63) is 70.1 Å². The second-order valence-corrected chi connectivity index (χ2v) is 6.18. The summed E-state index contributed by atoms with van der Waals surface area (Å²) in [6.07, 6.45) is 3.36. The Kier molecular flexibility index (Phi) is 4.81. The number of carbonyl (C=O) groups is 1. The highest BCUT2D eigenvalue weighted by Gasteiger charge is 2.18. The number of nitrogens with one attached hydrogen (secondary N) is 1. The van der Waals surface area contributed by atoms with Crippen LogP contribution in [0.2, 0.25) is 0 Å². The van der Waals surface area contributed by atoms with Crippen LogP contribution in [0.4, 0.5) is 0 Å². The number of nitrogens with zero attached hydrogens (tertiary/aromatic N) is 3. The van der Waals surface area contributed by atoms with Gasteiger partial charge in [0.1, 0.15) is 11.7 Å². The summed E-state index contributed by atoms with van der Waals surface area (Å²) in [6, 6.07) is 9.93. The predicted octanol–water partition coefficient (Wildman–Crippen LogP) is 2.24. The van der Waals surface area contributed by atoms with E-state index in [1.807, 2.05) is 29.6 Å². The molecule has 0 aliphatic carbocycles. The summed E-state index contributed by atoms with van der Waals surface area (Å²) in [6.45, 7) is 2.02. The fraction of sp³-hybridized carbons (Fsp3) is 0.176. The monoisotopic (exact) mass is 340 g/mol. The number of carbonyl (C=O) groups excluding carboxylic acids is 1. The molecule has 1 amide bonds. The van der Waals surface area contributed by atoms with Gasteiger partial charge in [0.2, 0.25) is 5.91 Å². The lowest BCUT2D eigenvalue weighted by Gasteiger charge is -2.14. The Morgan fingerprint density at radius 2 is 2.17 bits per heavy atom. The van der Waals surface area contributed by atoms with E-state index in [4.69, 9.17) is 0 Å². The Morgan fingerprint density at radius 3 is 2.88 bits per heavy atom. The number of hydrogen-bond donors (Lipinski definition) is 1. The van der Waals surface area contributed by atoms with Crippen LogP contribution in [0, 0.1) is 0 Å². The first-order valence-corrected chi connectivity index (χ1v) is 8.33. The Morgan fingerprint density at radius 1 is 1.29 bits per heavy atom. The molecule has 1 N–H and O–H groups in total. The lowest BCUT2D eigenvalue weighted by molar-refractivity contribution is -0.124. The largest absolute Gasteiger partial charge is 0.350 e. The van der Waals surface area contributed by atoms with Crippen molar-refractivity contribution >= 4 is 17.2 Å². The molecule has 7 heteroatoms. The van der Waals surface area contributed by atoms with E-state index in [0.29, 0.717) is 12.2 Å². The first kappa shape index (κ1) is 16.1. The Labute approximate surface area is 142 Å². The molecule has 3 aromatic rings. The first-order chi connectivity index (χ1) is 11.6. The van der Waals surface area contributed by atoms with E-state index in [1.165, 1.54) is 22.1 Å². The zero-order valence-corrected chi connectivity index (χ0v) is 13.9.